The average molecular weight is 338 g/mol. The first-order valence-electron chi connectivity index (χ1n) is 6.41. The molecular weight excluding hydrogens is 328 g/mol. The van der Waals surface area contributed by atoms with Crippen molar-refractivity contribution < 1.29 is 13.6 Å². The molecule has 1 N–H and O–H groups in total. The second-order valence-corrected chi connectivity index (χ2v) is 5.62. The van der Waals surface area contributed by atoms with Crippen molar-refractivity contribution in [2.24, 2.45) is 0 Å². The highest BCUT2D eigenvalue weighted by molar-refractivity contribution is 6.34. The lowest BCUT2D eigenvalue weighted by Crippen LogP contribution is -2.12. The highest BCUT2D eigenvalue weighted by Gasteiger charge is 2.18. The summed E-state index contributed by atoms with van der Waals surface area (Å²) in [5.41, 5.74) is 1.55. The van der Waals surface area contributed by atoms with Crippen LogP contribution in [0.15, 0.2) is 40.8 Å². The first-order chi connectivity index (χ1) is 10.5. The normalized spacial score (nSPS) is 10.9. The van der Waals surface area contributed by atoms with Crippen molar-refractivity contribution in [2.45, 2.75) is 6.92 Å². The van der Waals surface area contributed by atoms with Crippen LogP contribution >= 0.6 is 23.2 Å². The van der Waals surface area contributed by atoms with Crippen molar-refractivity contribution in [3.8, 4) is 0 Å². The molecule has 0 atom stereocenters. The molecule has 0 aliphatic heterocycles. The van der Waals surface area contributed by atoms with Crippen molar-refractivity contribution in [1.29, 1.82) is 0 Å². The zero-order chi connectivity index (χ0) is 15.9. The Balaban J connectivity index is 1.97. The molecule has 1 aromatic heterocycles. The first kappa shape index (κ1) is 14.9. The van der Waals surface area contributed by atoms with Gasteiger partial charge in [0.05, 0.1) is 10.7 Å². The number of aryl methyl sites for hydroxylation is 1. The van der Waals surface area contributed by atoms with E-state index in [2.05, 4.69) is 5.32 Å². The van der Waals surface area contributed by atoms with Crippen LogP contribution in [0.1, 0.15) is 16.1 Å². The van der Waals surface area contributed by atoms with Crippen molar-refractivity contribution in [3.63, 3.8) is 0 Å². The van der Waals surface area contributed by atoms with Crippen LogP contribution < -0.4 is 5.32 Å². The van der Waals surface area contributed by atoms with Gasteiger partial charge in [-0.25, -0.2) is 4.39 Å². The van der Waals surface area contributed by atoms with Gasteiger partial charge in [-0.3, -0.25) is 4.79 Å². The Hall–Kier alpha value is -2.04. The van der Waals surface area contributed by atoms with Crippen molar-refractivity contribution in [3.05, 3.63) is 63.6 Å². The van der Waals surface area contributed by atoms with Gasteiger partial charge in [-0.1, -0.05) is 23.2 Å². The number of rotatable bonds is 2. The Morgan fingerprint density at radius 3 is 2.68 bits per heavy atom. The third kappa shape index (κ3) is 2.67. The van der Waals surface area contributed by atoms with Gasteiger partial charge in [-0.2, -0.15) is 0 Å². The fourth-order valence-corrected chi connectivity index (χ4v) is 2.57. The smallest absolute Gasteiger partial charge is 0.291 e. The molecule has 0 saturated heterocycles. The molecule has 0 saturated carbocycles. The summed E-state index contributed by atoms with van der Waals surface area (Å²) in [4.78, 5) is 12.3. The molecule has 3 rings (SSSR count). The van der Waals surface area contributed by atoms with E-state index in [1.54, 1.807) is 25.1 Å². The fourth-order valence-electron chi connectivity index (χ4n) is 2.18. The quantitative estimate of drug-likeness (QED) is 0.676. The molecule has 6 heteroatoms. The molecule has 3 nitrogen and oxygen atoms in total. The van der Waals surface area contributed by atoms with Crippen molar-refractivity contribution >= 4 is 45.8 Å². The van der Waals surface area contributed by atoms with E-state index in [-0.39, 0.29) is 10.8 Å². The molecule has 1 amide bonds. The van der Waals surface area contributed by atoms with Crippen LogP contribution in [0.5, 0.6) is 0 Å². The molecule has 0 aliphatic carbocycles. The minimum Gasteiger partial charge on any atom is -0.451 e. The minimum atomic E-state index is -0.474. The second kappa shape index (κ2) is 5.63. The Morgan fingerprint density at radius 1 is 1.18 bits per heavy atom. The Morgan fingerprint density at radius 2 is 1.95 bits per heavy atom. The monoisotopic (exact) mass is 337 g/mol. The van der Waals surface area contributed by atoms with Gasteiger partial charge >= 0.3 is 0 Å². The summed E-state index contributed by atoms with van der Waals surface area (Å²) in [6.07, 6.45) is 0. The molecular formula is C16H10Cl2FNO2. The van der Waals surface area contributed by atoms with E-state index in [9.17, 15) is 9.18 Å². The predicted octanol–water partition coefficient (Wildman–Crippen LogP) is 5.44. The Kier molecular flexibility index (Phi) is 3.81. The van der Waals surface area contributed by atoms with Gasteiger partial charge in [0.1, 0.15) is 11.4 Å². The summed E-state index contributed by atoms with van der Waals surface area (Å²) in [5.74, 6) is -0.770. The van der Waals surface area contributed by atoms with E-state index in [1.165, 1.54) is 12.1 Å². The Labute approximate surface area is 135 Å². The van der Waals surface area contributed by atoms with E-state index < -0.39 is 11.7 Å². The second-order valence-electron chi connectivity index (χ2n) is 4.77. The molecule has 0 radical (unpaired) electrons. The van der Waals surface area contributed by atoms with E-state index in [0.29, 0.717) is 21.9 Å². The van der Waals surface area contributed by atoms with Crippen LogP contribution in [0.25, 0.3) is 11.0 Å². The maximum absolute atomic E-state index is 13.0. The average Bonchev–Trinajstić information content (AvgIpc) is 2.79. The zero-order valence-corrected chi connectivity index (χ0v) is 12.9. The van der Waals surface area contributed by atoms with Crippen LogP contribution in [0.3, 0.4) is 0 Å². The SMILES string of the molecule is Cc1c(C(=O)Nc2ccc(F)cc2Cl)oc2ccc(Cl)cc12. The first-order valence-corrected chi connectivity index (χ1v) is 7.16. The maximum atomic E-state index is 13.0. The molecule has 0 spiro atoms. The highest BCUT2D eigenvalue weighted by Crippen LogP contribution is 2.29. The number of carbonyl (C=O) groups is 1. The highest BCUT2D eigenvalue weighted by atomic mass is 35.5. The number of anilines is 1. The van der Waals surface area contributed by atoms with Crippen molar-refractivity contribution in [2.75, 3.05) is 5.32 Å². The van der Waals surface area contributed by atoms with Crippen molar-refractivity contribution in [1.82, 2.24) is 0 Å². The van der Waals surface area contributed by atoms with E-state index in [0.717, 1.165) is 11.5 Å². The third-order valence-electron chi connectivity index (χ3n) is 3.28. The molecule has 2 aromatic carbocycles. The van der Waals surface area contributed by atoms with Crippen LogP contribution in [0, 0.1) is 12.7 Å². The van der Waals surface area contributed by atoms with Crippen LogP contribution in [0.2, 0.25) is 10.0 Å². The number of halogens is 3. The van der Waals surface area contributed by atoms with Gasteiger partial charge in [0.25, 0.3) is 5.91 Å². The number of benzene rings is 2. The topological polar surface area (TPSA) is 42.2 Å². The maximum Gasteiger partial charge on any atom is 0.291 e. The summed E-state index contributed by atoms with van der Waals surface area (Å²) in [5, 5.41) is 4.05. The van der Waals surface area contributed by atoms with Gasteiger partial charge < -0.3 is 9.73 Å². The molecule has 1 heterocycles. The zero-order valence-electron chi connectivity index (χ0n) is 11.4. The number of hydrogen-bond acceptors (Lipinski definition) is 2. The van der Waals surface area contributed by atoms with E-state index >= 15 is 0 Å². The number of fused-ring (bicyclic) bond motifs is 1. The predicted molar refractivity (Wildman–Crippen MR) is 85.3 cm³/mol. The molecule has 0 bridgehead atoms. The number of carbonyl (C=O) groups excluding carboxylic acids is 1. The summed E-state index contributed by atoms with van der Waals surface area (Å²) >= 11 is 11.8. The van der Waals surface area contributed by atoms with Gasteiger partial charge in [0, 0.05) is 16.0 Å². The van der Waals surface area contributed by atoms with Crippen LogP contribution in [0.4, 0.5) is 10.1 Å². The lowest BCUT2D eigenvalue weighted by atomic mass is 10.1. The van der Waals surface area contributed by atoms with E-state index in [1.807, 2.05) is 0 Å². The third-order valence-corrected chi connectivity index (χ3v) is 3.83. The van der Waals surface area contributed by atoms with Crippen LogP contribution in [-0.4, -0.2) is 5.91 Å². The lowest BCUT2D eigenvalue weighted by Gasteiger charge is -2.06. The molecule has 112 valence electrons. The van der Waals surface area contributed by atoms with Gasteiger partial charge in [0.15, 0.2) is 5.76 Å². The van der Waals surface area contributed by atoms with Gasteiger partial charge in [-0.15, -0.1) is 0 Å². The Bertz CT molecular complexity index is 889. The molecule has 22 heavy (non-hydrogen) atoms. The summed E-state index contributed by atoms with van der Waals surface area (Å²) in [7, 11) is 0. The minimum absolute atomic E-state index is 0.116. The van der Waals surface area contributed by atoms with Crippen LogP contribution in [-0.2, 0) is 0 Å². The summed E-state index contributed by atoms with van der Waals surface area (Å²) < 4.78 is 18.6. The molecule has 0 aliphatic rings. The standard InChI is InChI=1S/C16H10Cl2FNO2/c1-8-11-6-9(17)2-5-14(11)22-15(8)16(21)20-13-4-3-10(19)7-12(13)18/h2-7H,1H3,(H,20,21). The molecule has 3 aromatic rings. The largest absolute Gasteiger partial charge is 0.451 e. The van der Waals surface area contributed by atoms with E-state index in [4.69, 9.17) is 27.6 Å². The summed E-state index contributed by atoms with van der Waals surface area (Å²) in [6, 6.07) is 8.86. The number of nitrogens with one attached hydrogen (secondary N) is 1. The number of hydrogen-bond donors (Lipinski definition) is 1. The number of amides is 1. The molecule has 0 fully saturated rings. The number of furan rings is 1. The van der Waals surface area contributed by atoms with Gasteiger partial charge in [0.2, 0.25) is 0 Å². The van der Waals surface area contributed by atoms with Gasteiger partial charge in [-0.05, 0) is 43.3 Å². The fraction of sp³-hybridized carbons (Fsp3) is 0.0625. The molecule has 0 unspecified atom stereocenters. The lowest BCUT2D eigenvalue weighted by molar-refractivity contribution is 0.0998. The summed E-state index contributed by atoms with van der Waals surface area (Å²) in [6.45, 7) is 1.77.